The quantitative estimate of drug-likeness (QED) is 0.751. The second-order valence-corrected chi connectivity index (χ2v) is 6.00. The van der Waals surface area contributed by atoms with E-state index >= 15 is 0 Å². The van der Waals surface area contributed by atoms with E-state index in [1.807, 2.05) is 0 Å². The number of hydrogen-bond acceptors (Lipinski definition) is 3. The lowest BCUT2D eigenvalue weighted by atomic mass is 9.98. The predicted molar refractivity (Wildman–Crippen MR) is 89.2 cm³/mol. The number of nitrogens with one attached hydrogen (secondary N) is 1. The molecule has 112 valence electrons. The zero-order valence-corrected chi connectivity index (χ0v) is 13.1. The molecule has 0 aliphatic carbocycles. The molecule has 22 heavy (non-hydrogen) atoms. The first-order valence-electron chi connectivity index (χ1n) is 7.18. The Morgan fingerprint density at radius 3 is 2.64 bits per heavy atom. The summed E-state index contributed by atoms with van der Waals surface area (Å²) in [5.41, 5.74) is 3.67. The molecule has 2 heterocycles. The van der Waals surface area contributed by atoms with Crippen LogP contribution in [0.4, 0.5) is 0 Å². The summed E-state index contributed by atoms with van der Waals surface area (Å²) in [7, 11) is 0. The molecule has 1 atom stereocenters. The Bertz CT molecular complexity index is 715. The van der Waals surface area contributed by atoms with Crippen molar-refractivity contribution < 1.29 is 9.21 Å². The number of benzene rings is 1. The first-order chi connectivity index (χ1) is 10.7. The van der Waals surface area contributed by atoms with Gasteiger partial charge in [0.1, 0.15) is 0 Å². The minimum atomic E-state index is -0.174. The summed E-state index contributed by atoms with van der Waals surface area (Å²) in [4.78, 5) is 11.8. The third kappa shape index (κ3) is 3.28. The van der Waals surface area contributed by atoms with Crippen molar-refractivity contribution >= 4 is 17.2 Å². The fourth-order valence-electron chi connectivity index (χ4n) is 2.29. The van der Waals surface area contributed by atoms with E-state index in [4.69, 9.17) is 4.42 Å². The number of amides is 1. The molecule has 0 saturated heterocycles. The maximum atomic E-state index is 11.8. The van der Waals surface area contributed by atoms with Crippen molar-refractivity contribution in [3.8, 4) is 11.1 Å². The van der Waals surface area contributed by atoms with Gasteiger partial charge in [0.05, 0.1) is 6.26 Å². The summed E-state index contributed by atoms with van der Waals surface area (Å²) >= 11 is 1.70. The summed E-state index contributed by atoms with van der Waals surface area (Å²) in [6.45, 7) is 2.68. The van der Waals surface area contributed by atoms with Gasteiger partial charge in [-0.2, -0.15) is 11.3 Å². The van der Waals surface area contributed by atoms with E-state index in [-0.39, 0.29) is 11.8 Å². The van der Waals surface area contributed by atoms with Crippen LogP contribution in [0.25, 0.3) is 11.1 Å². The zero-order valence-electron chi connectivity index (χ0n) is 12.3. The molecular weight excluding hydrogens is 294 g/mol. The lowest BCUT2D eigenvalue weighted by Crippen LogP contribution is -2.27. The zero-order chi connectivity index (χ0) is 15.4. The van der Waals surface area contributed by atoms with Crippen molar-refractivity contribution in [1.29, 1.82) is 0 Å². The first-order valence-corrected chi connectivity index (χ1v) is 8.12. The van der Waals surface area contributed by atoms with Crippen molar-refractivity contribution in [3.63, 3.8) is 0 Å². The molecule has 3 nitrogen and oxygen atoms in total. The molecular formula is C18H17NO2S. The van der Waals surface area contributed by atoms with Crippen LogP contribution in [0, 0.1) is 0 Å². The number of carbonyl (C=O) groups is 1. The smallest absolute Gasteiger partial charge is 0.286 e. The highest BCUT2D eigenvalue weighted by Crippen LogP contribution is 2.24. The Morgan fingerprint density at radius 1 is 1.18 bits per heavy atom. The fourth-order valence-corrected chi connectivity index (χ4v) is 2.96. The second kappa shape index (κ2) is 6.62. The highest BCUT2D eigenvalue weighted by molar-refractivity contribution is 7.08. The van der Waals surface area contributed by atoms with Crippen LogP contribution in [-0.2, 0) is 0 Å². The minimum Gasteiger partial charge on any atom is -0.459 e. The molecule has 0 aliphatic heterocycles. The highest BCUT2D eigenvalue weighted by Gasteiger charge is 2.11. The number of carbonyl (C=O) groups excluding carboxylic acids is 1. The summed E-state index contributed by atoms with van der Waals surface area (Å²) in [6.07, 6.45) is 1.50. The number of furan rings is 1. The molecule has 1 unspecified atom stereocenters. The van der Waals surface area contributed by atoms with Crippen LogP contribution in [-0.4, -0.2) is 12.5 Å². The number of rotatable bonds is 5. The van der Waals surface area contributed by atoms with Gasteiger partial charge in [0.15, 0.2) is 5.76 Å². The van der Waals surface area contributed by atoms with Gasteiger partial charge in [0.2, 0.25) is 0 Å². The van der Waals surface area contributed by atoms with Crippen molar-refractivity contribution in [2.75, 3.05) is 6.54 Å². The molecule has 0 radical (unpaired) electrons. The Labute approximate surface area is 133 Å². The summed E-state index contributed by atoms with van der Waals surface area (Å²) in [5, 5.41) is 7.11. The van der Waals surface area contributed by atoms with Crippen LogP contribution < -0.4 is 5.32 Å². The van der Waals surface area contributed by atoms with Crippen LogP contribution in [0.5, 0.6) is 0 Å². The third-order valence-corrected chi connectivity index (χ3v) is 4.33. The van der Waals surface area contributed by atoms with E-state index < -0.39 is 0 Å². The molecule has 1 aromatic carbocycles. The van der Waals surface area contributed by atoms with Gasteiger partial charge in [-0.1, -0.05) is 31.2 Å². The third-order valence-electron chi connectivity index (χ3n) is 3.65. The Balaban J connectivity index is 1.60. The predicted octanol–water partition coefficient (Wildman–Crippen LogP) is 4.54. The summed E-state index contributed by atoms with van der Waals surface area (Å²) in [5.74, 6) is 0.419. The van der Waals surface area contributed by atoms with Gasteiger partial charge < -0.3 is 9.73 Å². The van der Waals surface area contributed by atoms with Gasteiger partial charge in [-0.3, -0.25) is 4.79 Å². The SMILES string of the molecule is CC(CNC(=O)c1ccco1)c1ccc(-c2ccsc2)cc1. The van der Waals surface area contributed by atoms with Crippen molar-refractivity contribution in [2.24, 2.45) is 0 Å². The average molecular weight is 311 g/mol. The van der Waals surface area contributed by atoms with Crippen molar-refractivity contribution in [3.05, 3.63) is 70.8 Å². The summed E-state index contributed by atoms with van der Waals surface area (Å²) < 4.78 is 5.08. The van der Waals surface area contributed by atoms with Crippen LogP contribution in [0.15, 0.2) is 63.9 Å². The summed E-state index contributed by atoms with van der Waals surface area (Å²) in [6, 6.07) is 14.0. The van der Waals surface area contributed by atoms with E-state index in [0.717, 1.165) is 0 Å². The van der Waals surface area contributed by atoms with E-state index in [9.17, 15) is 4.79 Å². The Morgan fingerprint density at radius 2 is 2.00 bits per heavy atom. The van der Waals surface area contributed by atoms with Crippen molar-refractivity contribution in [1.82, 2.24) is 5.32 Å². The molecule has 2 aromatic heterocycles. The topological polar surface area (TPSA) is 42.2 Å². The fraction of sp³-hybridized carbons (Fsp3) is 0.167. The van der Waals surface area contributed by atoms with Gasteiger partial charge in [0, 0.05) is 6.54 Å². The van der Waals surface area contributed by atoms with Gasteiger partial charge >= 0.3 is 0 Å². The van der Waals surface area contributed by atoms with Gasteiger partial charge in [-0.05, 0) is 51.6 Å². The number of thiophene rings is 1. The van der Waals surface area contributed by atoms with E-state index in [1.54, 1.807) is 23.5 Å². The standard InChI is InChI=1S/C18H17NO2S/c1-13(11-19-18(20)17-3-2-9-21-17)14-4-6-15(7-5-14)16-8-10-22-12-16/h2-10,12-13H,11H2,1H3,(H,19,20). The maximum Gasteiger partial charge on any atom is 0.286 e. The van der Waals surface area contributed by atoms with Crippen LogP contribution in [0.1, 0.15) is 29.0 Å². The normalized spacial score (nSPS) is 12.0. The molecule has 4 heteroatoms. The molecule has 0 aliphatic rings. The maximum absolute atomic E-state index is 11.8. The molecule has 0 bridgehead atoms. The monoisotopic (exact) mass is 311 g/mol. The molecule has 0 saturated carbocycles. The second-order valence-electron chi connectivity index (χ2n) is 5.22. The molecule has 3 aromatic rings. The van der Waals surface area contributed by atoms with E-state index in [2.05, 4.69) is 53.3 Å². The largest absolute Gasteiger partial charge is 0.459 e. The van der Waals surface area contributed by atoms with Crippen molar-refractivity contribution in [2.45, 2.75) is 12.8 Å². The van der Waals surface area contributed by atoms with Crippen LogP contribution in [0.3, 0.4) is 0 Å². The molecule has 1 amide bonds. The van der Waals surface area contributed by atoms with E-state index in [1.165, 1.54) is 23.0 Å². The highest BCUT2D eigenvalue weighted by atomic mass is 32.1. The van der Waals surface area contributed by atoms with Crippen LogP contribution >= 0.6 is 11.3 Å². The Kier molecular flexibility index (Phi) is 4.39. The van der Waals surface area contributed by atoms with Gasteiger partial charge in [-0.15, -0.1) is 0 Å². The number of hydrogen-bond donors (Lipinski definition) is 1. The molecule has 3 rings (SSSR count). The lowest BCUT2D eigenvalue weighted by molar-refractivity contribution is 0.0924. The first kappa shape index (κ1) is 14.6. The molecule has 0 spiro atoms. The molecule has 0 fully saturated rings. The average Bonchev–Trinajstić information content (AvgIpc) is 3.25. The van der Waals surface area contributed by atoms with E-state index in [0.29, 0.717) is 12.3 Å². The Hall–Kier alpha value is -2.33. The van der Waals surface area contributed by atoms with Crippen LogP contribution in [0.2, 0.25) is 0 Å². The van der Waals surface area contributed by atoms with Gasteiger partial charge in [0.25, 0.3) is 5.91 Å². The minimum absolute atomic E-state index is 0.174. The van der Waals surface area contributed by atoms with Gasteiger partial charge in [-0.25, -0.2) is 0 Å². The lowest BCUT2D eigenvalue weighted by Gasteiger charge is -2.13. The molecule has 1 N–H and O–H groups in total.